The fourth-order valence-corrected chi connectivity index (χ4v) is 5.03. The molecule has 0 saturated carbocycles. The van der Waals surface area contributed by atoms with E-state index < -0.39 is 5.72 Å². The molecule has 4 rings (SSSR count). The fourth-order valence-electron chi connectivity index (χ4n) is 3.85. The average molecular weight is 384 g/mol. The summed E-state index contributed by atoms with van der Waals surface area (Å²) in [5.41, 5.74) is 2.37. The molecule has 142 valence electrons. The Hall–Kier alpha value is -1.98. The minimum Gasteiger partial charge on any atom is -0.494 e. The van der Waals surface area contributed by atoms with Crippen LogP contribution in [0.4, 0.5) is 5.69 Å². The van der Waals surface area contributed by atoms with Gasteiger partial charge in [-0.2, -0.15) is 0 Å². The van der Waals surface area contributed by atoms with Gasteiger partial charge in [-0.25, -0.2) is 9.48 Å². The molecule has 0 radical (unpaired) electrons. The fraction of sp³-hybridized carbons (Fsp3) is 0.409. The van der Waals surface area contributed by atoms with Gasteiger partial charge in [0, 0.05) is 11.3 Å². The molecule has 1 unspecified atom stereocenters. The molecule has 0 fully saturated rings. The van der Waals surface area contributed by atoms with Crippen LogP contribution in [-0.4, -0.2) is 40.3 Å². The summed E-state index contributed by atoms with van der Waals surface area (Å²) in [6, 6.07) is 16.6. The zero-order chi connectivity index (χ0) is 18.9. The lowest BCUT2D eigenvalue weighted by atomic mass is 10.0. The number of nitrogens with zero attached hydrogens (tertiary/aromatic N) is 2. The summed E-state index contributed by atoms with van der Waals surface area (Å²) in [6.07, 6.45) is 2.12. The Morgan fingerprint density at radius 2 is 1.85 bits per heavy atom. The van der Waals surface area contributed by atoms with Crippen molar-refractivity contribution in [3.63, 3.8) is 0 Å². The second-order valence-corrected chi connectivity index (χ2v) is 8.08. The standard InChI is InChI=1S/C22H27N2O2S/c1-3-17-6-10-19(11-7-17)23-16-22(25,24-14-5-15-27-21(23)24)18-8-12-20(13-9-18)26-4-2/h6-13,25H,3-5,14-16H2,1-2H3/q+1. The third kappa shape index (κ3) is 3.34. The van der Waals surface area contributed by atoms with E-state index in [1.54, 1.807) is 0 Å². The van der Waals surface area contributed by atoms with E-state index in [2.05, 4.69) is 40.7 Å². The molecular weight excluding hydrogens is 356 g/mol. The topological polar surface area (TPSA) is 35.7 Å². The lowest BCUT2D eigenvalue weighted by Crippen LogP contribution is -2.41. The van der Waals surface area contributed by atoms with Gasteiger partial charge in [0.2, 0.25) is 0 Å². The van der Waals surface area contributed by atoms with Gasteiger partial charge in [-0.3, -0.25) is 0 Å². The maximum absolute atomic E-state index is 11.7. The Morgan fingerprint density at radius 1 is 1.11 bits per heavy atom. The molecule has 0 aliphatic carbocycles. The Balaban J connectivity index is 1.70. The number of amidine groups is 1. The van der Waals surface area contributed by atoms with Gasteiger partial charge in [0.05, 0.1) is 13.2 Å². The molecule has 0 bridgehead atoms. The van der Waals surface area contributed by atoms with E-state index in [1.165, 1.54) is 5.56 Å². The van der Waals surface area contributed by atoms with Crippen molar-refractivity contribution in [3.8, 4) is 5.75 Å². The summed E-state index contributed by atoms with van der Waals surface area (Å²) in [5.74, 6) is 1.93. The summed E-state index contributed by atoms with van der Waals surface area (Å²) in [6.45, 7) is 6.20. The van der Waals surface area contributed by atoms with Crippen molar-refractivity contribution >= 4 is 22.6 Å². The van der Waals surface area contributed by atoms with Crippen LogP contribution < -0.4 is 9.64 Å². The van der Waals surface area contributed by atoms with Crippen LogP contribution in [0.25, 0.3) is 0 Å². The Bertz CT molecular complexity index is 832. The minimum atomic E-state index is -1.02. The predicted octanol–water partition coefficient (Wildman–Crippen LogP) is 3.82. The summed E-state index contributed by atoms with van der Waals surface area (Å²) >= 11 is 1.84. The zero-order valence-corrected chi connectivity index (χ0v) is 16.8. The first-order valence-electron chi connectivity index (χ1n) is 9.75. The Kier molecular flexibility index (Phi) is 5.15. The van der Waals surface area contributed by atoms with Crippen LogP contribution in [0.5, 0.6) is 5.75 Å². The van der Waals surface area contributed by atoms with Gasteiger partial charge in [0.15, 0.2) is 6.54 Å². The quantitative estimate of drug-likeness (QED) is 0.797. The highest BCUT2D eigenvalue weighted by molar-refractivity contribution is 8.13. The van der Waals surface area contributed by atoms with Crippen LogP contribution in [0.15, 0.2) is 48.5 Å². The Morgan fingerprint density at radius 3 is 2.52 bits per heavy atom. The third-order valence-electron chi connectivity index (χ3n) is 5.33. The Labute approximate surface area is 165 Å². The smallest absolute Gasteiger partial charge is 0.316 e. The minimum absolute atomic E-state index is 0.536. The highest BCUT2D eigenvalue weighted by Crippen LogP contribution is 2.38. The first-order chi connectivity index (χ1) is 13.2. The number of hydrogen-bond acceptors (Lipinski definition) is 4. The molecule has 2 aromatic carbocycles. The van der Waals surface area contributed by atoms with Gasteiger partial charge in [-0.05, 0) is 73.5 Å². The molecule has 0 amide bonds. The number of rotatable bonds is 5. The first kappa shape index (κ1) is 18.4. The summed E-state index contributed by atoms with van der Waals surface area (Å²) in [5, 5.41) is 12.9. The van der Waals surface area contributed by atoms with E-state index in [9.17, 15) is 5.11 Å². The maximum atomic E-state index is 11.7. The van der Waals surface area contributed by atoms with Crippen molar-refractivity contribution < 1.29 is 14.4 Å². The molecule has 0 aromatic heterocycles. The van der Waals surface area contributed by atoms with Crippen molar-refractivity contribution in [1.29, 1.82) is 0 Å². The molecule has 2 heterocycles. The van der Waals surface area contributed by atoms with Crippen LogP contribution in [0.3, 0.4) is 0 Å². The highest BCUT2D eigenvalue weighted by atomic mass is 32.2. The largest absolute Gasteiger partial charge is 0.494 e. The molecule has 4 nitrogen and oxygen atoms in total. The number of benzene rings is 2. The van der Waals surface area contributed by atoms with E-state index in [0.29, 0.717) is 13.2 Å². The second kappa shape index (κ2) is 7.56. The summed E-state index contributed by atoms with van der Waals surface area (Å²) in [4.78, 5) is 2.26. The van der Waals surface area contributed by atoms with Gasteiger partial charge in [0.1, 0.15) is 11.4 Å². The number of aryl methyl sites for hydroxylation is 1. The van der Waals surface area contributed by atoms with Gasteiger partial charge in [-0.1, -0.05) is 19.1 Å². The predicted molar refractivity (Wildman–Crippen MR) is 112 cm³/mol. The highest BCUT2D eigenvalue weighted by Gasteiger charge is 2.53. The van der Waals surface area contributed by atoms with Crippen molar-refractivity contribution in [2.24, 2.45) is 0 Å². The second-order valence-electron chi connectivity index (χ2n) is 7.02. The van der Waals surface area contributed by atoms with Crippen LogP contribution in [0.1, 0.15) is 31.4 Å². The monoisotopic (exact) mass is 383 g/mol. The van der Waals surface area contributed by atoms with Crippen molar-refractivity contribution in [2.45, 2.75) is 32.4 Å². The van der Waals surface area contributed by atoms with E-state index in [0.717, 1.165) is 47.3 Å². The van der Waals surface area contributed by atoms with Gasteiger partial charge in [0.25, 0.3) is 5.72 Å². The number of aliphatic hydroxyl groups is 1. The molecule has 0 saturated heterocycles. The van der Waals surface area contributed by atoms with Crippen molar-refractivity contribution in [2.75, 3.05) is 30.3 Å². The molecular formula is C22H27N2O2S+. The van der Waals surface area contributed by atoms with Crippen molar-refractivity contribution in [1.82, 2.24) is 0 Å². The van der Waals surface area contributed by atoms with Crippen LogP contribution in [0.2, 0.25) is 0 Å². The van der Waals surface area contributed by atoms with E-state index >= 15 is 0 Å². The SMILES string of the molecule is CCOc1ccc(C2(O)CN(c3ccc(CC)cc3)C3=[N+]2CCCS3)cc1. The van der Waals surface area contributed by atoms with Crippen molar-refractivity contribution in [3.05, 3.63) is 59.7 Å². The maximum Gasteiger partial charge on any atom is 0.316 e. The van der Waals surface area contributed by atoms with Crippen LogP contribution >= 0.6 is 11.8 Å². The molecule has 1 atom stereocenters. The van der Waals surface area contributed by atoms with Gasteiger partial charge < -0.3 is 9.84 Å². The molecule has 2 aromatic rings. The number of anilines is 1. The van der Waals surface area contributed by atoms with Crippen LogP contribution in [0, 0.1) is 0 Å². The third-order valence-corrected chi connectivity index (χ3v) is 6.52. The van der Waals surface area contributed by atoms with E-state index in [1.807, 2.05) is 43.0 Å². The lowest BCUT2D eigenvalue weighted by molar-refractivity contribution is -0.656. The molecule has 1 N–H and O–H groups in total. The van der Waals surface area contributed by atoms with E-state index in [-0.39, 0.29) is 0 Å². The molecule has 27 heavy (non-hydrogen) atoms. The summed E-state index contributed by atoms with van der Waals surface area (Å²) < 4.78 is 7.73. The first-order valence-corrected chi connectivity index (χ1v) is 10.7. The molecule has 2 aliphatic heterocycles. The molecule has 0 spiro atoms. The van der Waals surface area contributed by atoms with Gasteiger partial charge in [-0.15, -0.1) is 0 Å². The lowest BCUT2D eigenvalue weighted by Gasteiger charge is -2.24. The number of hydrogen-bond donors (Lipinski definition) is 1. The summed E-state index contributed by atoms with van der Waals surface area (Å²) in [7, 11) is 0. The normalized spacial score (nSPS) is 22.1. The zero-order valence-electron chi connectivity index (χ0n) is 16.0. The van der Waals surface area contributed by atoms with Crippen LogP contribution in [-0.2, 0) is 12.1 Å². The molecule has 5 heteroatoms. The van der Waals surface area contributed by atoms with E-state index in [4.69, 9.17) is 4.74 Å². The number of β-amino-alcohol motifs (C(OH)–C–C–N with tert-alkyl or cyclic N) is 1. The van der Waals surface area contributed by atoms with Gasteiger partial charge >= 0.3 is 5.17 Å². The number of thioether (sulfide) groups is 1. The molecule has 2 aliphatic rings. The number of ether oxygens (including phenoxy) is 1. The average Bonchev–Trinajstić information content (AvgIpc) is 3.03.